The van der Waals surface area contributed by atoms with Crippen molar-refractivity contribution in [3.63, 3.8) is 0 Å². The summed E-state index contributed by atoms with van der Waals surface area (Å²) in [6.07, 6.45) is 1.52. The number of fused-ring (bicyclic) bond motifs is 2. The van der Waals surface area contributed by atoms with E-state index in [1.54, 1.807) is 6.07 Å². The number of phenols is 1. The second kappa shape index (κ2) is 15.1. The van der Waals surface area contributed by atoms with Gasteiger partial charge in [-0.15, -0.1) is 0 Å². The number of carbonyl (C=O) groups is 1. The Morgan fingerprint density at radius 1 is 0.976 bits per heavy atom. The van der Waals surface area contributed by atoms with E-state index >= 15 is 0 Å². The van der Waals surface area contributed by atoms with Crippen molar-refractivity contribution in [1.29, 1.82) is 0 Å². The third-order valence-electron chi connectivity index (χ3n) is 7.67. The van der Waals surface area contributed by atoms with E-state index in [0.29, 0.717) is 44.9 Å². The molecule has 1 unspecified atom stereocenters. The lowest BCUT2D eigenvalue weighted by atomic mass is 10.0. The predicted octanol–water partition coefficient (Wildman–Crippen LogP) is 4.40. The smallest absolute Gasteiger partial charge is 0.305 e. The van der Waals surface area contributed by atoms with Crippen molar-refractivity contribution < 1.29 is 14.6 Å². The third kappa shape index (κ3) is 7.74. The molecule has 0 aliphatic rings. The van der Waals surface area contributed by atoms with Gasteiger partial charge in [-0.3, -0.25) is 14.5 Å². The van der Waals surface area contributed by atoms with Crippen LogP contribution in [0.4, 0.5) is 0 Å². The van der Waals surface area contributed by atoms with Crippen molar-refractivity contribution in [2.24, 2.45) is 0 Å². The second-order valence-corrected chi connectivity index (χ2v) is 11.1. The molecule has 0 aliphatic heterocycles. The van der Waals surface area contributed by atoms with Crippen molar-refractivity contribution >= 4 is 38.2 Å². The number of rotatable bonds is 16. The van der Waals surface area contributed by atoms with Gasteiger partial charge in [-0.2, -0.15) is 0 Å². The van der Waals surface area contributed by atoms with Gasteiger partial charge in [0.25, 0.3) is 0 Å². The maximum atomic E-state index is 13.7. The summed E-state index contributed by atoms with van der Waals surface area (Å²) in [5, 5.41) is 15.9. The van der Waals surface area contributed by atoms with Crippen LogP contribution in [0.5, 0.6) is 5.75 Å². The first-order valence-electron chi connectivity index (χ1n) is 14.6. The average Bonchev–Trinajstić information content (AvgIpc) is 3.40. The minimum atomic E-state index is -0.320. The van der Waals surface area contributed by atoms with E-state index in [1.165, 1.54) is 16.3 Å². The molecule has 4 rings (SSSR count). The van der Waals surface area contributed by atoms with Crippen molar-refractivity contribution in [3.05, 3.63) is 75.4 Å². The van der Waals surface area contributed by atoms with E-state index in [9.17, 15) is 14.7 Å². The zero-order valence-electron chi connectivity index (χ0n) is 24.3. The Balaban J connectivity index is 1.28. The quantitative estimate of drug-likeness (QED) is 0.171. The molecule has 0 saturated heterocycles. The minimum Gasteiger partial charge on any atom is -0.506 e. The molecule has 3 aromatic carbocycles. The fourth-order valence-corrected chi connectivity index (χ4v) is 6.25. The Morgan fingerprint density at radius 2 is 1.76 bits per heavy atom. The van der Waals surface area contributed by atoms with Gasteiger partial charge in [0, 0.05) is 19.6 Å². The van der Waals surface area contributed by atoms with E-state index in [-0.39, 0.29) is 22.6 Å². The summed E-state index contributed by atoms with van der Waals surface area (Å²) in [6, 6.07) is 17.9. The molecule has 0 spiro atoms. The first-order valence-corrected chi connectivity index (χ1v) is 15.4. The molecule has 1 amide bonds. The Bertz CT molecular complexity index is 1470. The number of aromatic hydroxyl groups is 1. The van der Waals surface area contributed by atoms with Gasteiger partial charge in [0.1, 0.15) is 17.3 Å². The molecule has 3 N–H and O–H groups in total. The van der Waals surface area contributed by atoms with Crippen LogP contribution < -0.4 is 10.2 Å². The van der Waals surface area contributed by atoms with E-state index in [0.717, 1.165) is 47.5 Å². The normalized spacial score (nSPS) is 12.4. The lowest BCUT2D eigenvalue weighted by Crippen LogP contribution is -2.52. The van der Waals surface area contributed by atoms with Crippen LogP contribution in [0.1, 0.15) is 31.9 Å². The maximum Gasteiger partial charge on any atom is 0.305 e. The number of carbonyl (C=O) groups excluding carboxylic acids is 1. The number of hydrogen-bond acceptors (Lipinski definition) is 7. The van der Waals surface area contributed by atoms with Crippen LogP contribution in [-0.2, 0) is 22.4 Å². The lowest BCUT2D eigenvalue weighted by Gasteiger charge is -2.33. The van der Waals surface area contributed by atoms with Crippen LogP contribution >= 0.6 is 11.3 Å². The molecule has 1 aromatic heterocycles. The van der Waals surface area contributed by atoms with Gasteiger partial charge in [0.15, 0.2) is 0 Å². The number of aromatic nitrogens is 1. The highest BCUT2D eigenvalue weighted by atomic mass is 32.1. The lowest BCUT2D eigenvalue weighted by molar-refractivity contribution is -0.139. The number of benzene rings is 3. The summed E-state index contributed by atoms with van der Waals surface area (Å²) in [4.78, 5) is 32.0. The average molecular weight is 579 g/mol. The number of hydrogen-bond donors (Lipinski definition) is 3. The summed E-state index contributed by atoms with van der Waals surface area (Å²) in [5.41, 5.74) is 2.77. The molecule has 8 nitrogen and oxygen atoms in total. The second-order valence-electron chi connectivity index (χ2n) is 10.1. The molecule has 1 heterocycles. The van der Waals surface area contributed by atoms with E-state index in [2.05, 4.69) is 71.5 Å². The maximum absolute atomic E-state index is 13.7. The highest BCUT2D eigenvalue weighted by molar-refractivity contribution is 7.16. The van der Waals surface area contributed by atoms with Crippen LogP contribution in [0.15, 0.2) is 59.4 Å². The molecule has 4 aromatic rings. The van der Waals surface area contributed by atoms with Gasteiger partial charge in [-0.1, -0.05) is 73.7 Å². The van der Waals surface area contributed by atoms with Gasteiger partial charge in [-0.25, -0.2) is 0 Å². The molecular weight excluding hydrogens is 536 g/mol. The number of H-pyrrole nitrogens is 1. The van der Waals surface area contributed by atoms with Gasteiger partial charge in [0.2, 0.25) is 5.91 Å². The molecule has 41 heavy (non-hydrogen) atoms. The molecule has 1 atom stereocenters. The SMILES string of the molecule is CCN(CCNCCc1ccc(O)c2[nH]c(=O)sc12)C(=O)C(COCCc1cccc2ccccc12)N(CC)CC. The topological polar surface area (TPSA) is 97.9 Å². The summed E-state index contributed by atoms with van der Waals surface area (Å²) in [5.74, 6) is 0.188. The Labute approximate surface area is 245 Å². The van der Waals surface area contributed by atoms with Gasteiger partial charge in [-0.05, 0) is 67.4 Å². The largest absolute Gasteiger partial charge is 0.506 e. The summed E-state index contributed by atoms with van der Waals surface area (Å²) in [7, 11) is 0. The molecule has 9 heteroatoms. The number of thiazole rings is 1. The first kappa shape index (κ1) is 30.7. The highest BCUT2D eigenvalue weighted by Crippen LogP contribution is 2.27. The standard InChI is InChI=1S/C32H42N4O4S/c1-4-35(5-2)27(22-40-21-17-24-12-9-11-23-10-7-8-13-26(23)24)31(38)36(6-3)20-19-33-18-16-25-14-15-28(37)29-30(25)41-32(39)34-29/h7-15,27,33,37H,4-6,16-22H2,1-3H3,(H,34,39). The minimum absolute atomic E-state index is 0.0902. The number of amides is 1. The fourth-order valence-electron chi connectivity index (χ4n) is 5.35. The Morgan fingerprint density at radius 3 is 2.54 bits per heavy atom. The molecule has 0 saturated carbocycles. The molecular formula is C32H42N4O4S. The molecule has 0 aliphatic carbocycles. The molecule has 0 fully saturated rings. The zero-order valence-corrected chi connectivity index (χ0v) is 25.1. The Hall–Kier alpha value is -3.24. The first-order chi connectivity index (χ1) is 20.0. The van der Waals surface area contributed by atoms with Crippen LogP contribution in [0.25, 0.3) is 21.0 Å². The van der Waals surface area contributed by atoms with E-state index in [1.807, 2.05) is 17.9 Å². The summed E-state index contributed by atoms with van der Waals surface area (Å²) < 4.78 is 6.94. The third-order valence-corrected chi connectivity index (χ3v) is 8.63. The van der Waals surface area contributed by atoms with Crippen molar-refractivity contribution in [2.75, 3.05) is 52.5 Å². The number of nitrogens with one attached hydrogen (secondary N) is 2. The molecule has 0 radical (unpaired) electrons. The highest BCUT2D eigenvalue weighted by Gasteiger charge is 2.28. The monoisotopic (exact) mass is 578 g/mol. The van der Waals surface area contributed by atoms with Gasteiger partial charge < -0.3 is 25.0 Å². The van der Waals surface area contributed by atoms with Gasteiger partial charge in [0.05, 0.1) is 17.9 Å². The summed E-state index contributed by atoms with van der Waals surface area (Å²) in [6.45, 7) is 11.3. The number of aromatic amines is 1. The number of ether oxygens (including phenoxy) is 1. The van der Waals surface area contributed by atoms with Crippen molar-refractivity contribution in [3.8, 4) is 5.75 Å². The van der Waals surface area contributed by atoms with Gasteiger partial charge >= 0.3 is 4.87 Å². The zero-order chi connectivity index (χ0) is 29.2. The predicted molar refractivity (Wildman–Crippen MR) is 168 cm³/mol. The van der Waals surface area contributed by atoms with Crippen LogP contribution in [0.2, 0.25) is 0 Å². The number of nitrogens with zero attached hydrogens (tertiary/aromatic N) is 2. The van der Waals surface area contributed by atoms with Crippen molar-refractivity contribution in [1.82, 2.24) is 20.1 Å². The molecule has 0 bridgehead atoms. The van der Waals surface area contributed by atoms with Crippen LogP contribution in [0, 0.1) is 0 Å². The van der Waals surface area contributed by atoms with E-state index < -0.39 is 0 Å². The van der Waals surface area contributed by atoms with Crippen molar-refractivity contribution in [2.45, 2.75) is 39.7 Å². The molecule has 220 valence electrons. The van der Waals surface area contributed by atoms with Crippen LogP contribution in [-0.4, -0.2) is 84.3 Å². The fraction of sp³-hybridized carbons (Fsp3) is 0.438. The van der Waals surface area contributed by atoms with Crippen LogP contribution in [0.3, 0.4) is 0 Å². The van der Waals surface area contributed by atoms with E-state index in [4.69, 9.17) is 4.74 Å². The Kier molecular flexibility index (Phi) is 11.3. The number of phenolic OH excluding ortho intramolecular Hbond substituents is 1. The number of likely N-dealkylation sites (N-methyl/N-ethyl adjacent to an activating group) is 2. The summed E-state index contributed by atoms with van der Waals surface area (Å²) >= 11 is 1.12.